The van der Waals surface area contributed by atoms with Gasteiger partial charge in [-0.05, 0) is 28.6 Å². The molecule has 10 nitrogen and oxygen atoms in total. The normalized spacial score (nSPS) is 15.6. The van der Waals surface area contributed by atoms with Crippen LogP contribution in [0.3, 0.4) is 0 Å². The SMILES string of the molecule is CSS[C@H](C)OC1=C(CO[Si](c2ccccc2)(c2ccccc2)C(C)(C)C)O[C@@H](n2cc(C#CCNC(=O)C(F)(F)F)c3c(N=CN(C)C)ncnc32)C1. The summed E-state index contributed by atoms with van der Waals surface area (Å²) in [4.78, 5) is 26.6. The Balaban J connectivity index is 1.55. The number of aliphatic imine (C=N–C) groups is 1. The van der Waals surface area contributed by atoms with Crippen LogP contribution in [0, 0.1) is 11.8 Å². The Morgan fingerprint density at radius 2 is 1.78 bits per heavy atom. The number of halogens is 3. The Morgan fingerprint density at radius 1 is 1.13 bits per heavy atom. The summed E-state index contributed by atoms with van der Waals surface area (Å²) in [5, 5.41) is 4.23. The number of hydrogen-bond acceptors (Lipinski definition) is 9. The van der Waals surface area contributed by atoms with Crippen LogP contribution >= 0.6 is 21.6 Å². The molecular formula is C38H43F3N6O4S2Si. The van der Waals surface area contributed by atoms with Gasteiger partial charge in [0, 0.05) is 20.3 Å². The number of hydrogen-bond donors (Lipinski definition) is 1. The number of nitrogens with one attached hydrogen (secondary N) is 1. The van der Waals surface area contributed by atoms with Gasteiger partial charge in [0.15, 0.2) is 23.2 Å². The number of ether oxygens (including phenoxy) is 2. The van der Waals surface area contributed by atoms with Crippen molar-refractivity contribution in [1.29, 1.82) is 0 Å². The molecule has 0 saturated carbocycles. The summed E-state index contributed by atoms with van der Waals surface area (Å²) in [6.07, 6.45) is 1.32. The molecule has 286 valence electrons. The van der Waals surface area contributed by atoms with E-state index in [2.05, 4.69) is 71.8 Å². The fourth-order valence-corrected chi connectivity index (χ4v) is 12.1. The number of benzene rings is 2. The van der Waals surface area contributed by atoms with Crippen LogP contribution < -0.4 is 15.7 Å². The van der Waals surface area contributed by atoms with E-state index >= 15 is 0 Å². The molecule has 3 heterocycles. The summed E-state index contributed by atoms with van der Waals surface area (Å²) < 4.78 is 60.7. The standard InChI is InChI=1S/C38H43F3N6O4S2Si/c1-26(53-52-7)50-30-21-32(51-31(30)23-49-54(37(2,3)4,28-16-10-8-11-17-28)29-18-12-9-13-19-29)47-22-27(15-14-20-42-36(48)38(39,40)41)33-34(45-25-46(5)6)43-24-44-35(33)47/h8-13,16-19,22,24-26,32H,20-21,23H2,1-7H3,(H,42,48)/t26-,32-/m1/s1. The molecule has 0 saturated heterocycles. The third kappa shape index (κ3) is 9.26. The van der Waals surface area contributed by atoms with Gasteiger partial charge in [-0.3, -0.25) is 9.36 Å². The zero-order valence-corrected chi connectivity index (χ0v) is 33.7. The average Bonchev–Trinajstić information content (AvgIpc) is 3.70. The summed E-state index contributed by atoms with van der Waals surface area (Å²) in [5.74, 6) is 4.93. The number of rotatable bonds is 13. The van der Waals surface area contributed by atoms with Crippen LogP contribution in [-0.2, 0) is 18.7 Å². The number of carbonyl (C=O) groups is 1. The lowest BCUT2D eigenvalue weighted by Gasteiger charge is -2.43. The van der Waals surface area contributed by atoms with Gasteiger partial charge in [-0.15, -0.1) is 0 Å². The maximum Gasteiger partial charge on any atom is 0.471 e. The number of nitrogens with zero attached hydrogens (tertiary/aromatic N) is 5. The van der Waals surface area contributed by atoms with Crippen molar-refractivity contribution < 1.29 is 31.9 Å². The summed E-state index contributed by atoms with van der Waals surface area (Å²) >= 11 is 0. The van der Waals surface area contributed by atoms with Gasteiger partial charge < -0.3 is 24.1 Å². The molecule has 0 fully saturated rings. The molecule has 2 atom stereocenters. The smallest absolute Gasteiger partial charge is 0.471 e. The van der Waals surface area contributed by atoms with Crippen molar-refractivity contribution in [2.45, 2.75) is 57.0 Å². The lowest BCUT2D eigenvalue weighted by atomic mass is 10.2. The number of amides is 1. The molecular weight excluding hydrogens is 754 g/mol. The molecule has 1 aliphatic rings. The van der Waals surface area contributed by atoms with E-state index in [9.17, 15) is 18.0 Å². The van der Waals surface area contributed by atoms with Crippen molar-refractivity contribution in [3.63, 3.8) is 0 Å². The first-order valence-corrected chi connectivity index (χ1v) is 21.6. The van der Waals surface area contributed by atoms with Crippen molar-refractivity contribution in [2.75, 3.05) is 33.5 Å². The lowest BCUT2D eigenvalue weighted by Crippen LogP contribution is -2.66. The highest BCUT2D eigenvalue weighted by Gasteiger charge is 2.51. The molecule has 0 spiro atoms. The molecule has 2 aromatic carbocycles. The molecule has 0 bridgehead atoms. The lowest BCUT2D eigenvalue weighted by molar-refractivity contribution is -0.173. The Hall–Kier alpha value is -4.43. The van der Waals surface area contributed by atoms with E-state index in [1.807, 2.05) is 63.7 Å². The fraction of sp³-hybridized carbons (Fsp3) is 0.368. The van der Waals surface area contributed by atoms with Crippen molar-refractivity contribution >= 4 is 69.4 Å². The van der Waals surface area contributed by atoms with Crippen LogP contribution in [0.2, 0.25) is 5.04 Å². The van der Waals surface area contributed by atoms with Crippen molar-refractivity contribution in [1.82, 2.24) is 24.8 Å². The number of alkyl halides is 3. The average molecular weight is 797 g/mol. The first-order valence-electron chi connectivity index (χ1n) is 17.1. The molecule has 4 aromatic rings. The van der Waals surface area contributed by atoms with Crippen LogP contribution in [0.25, 0.3) is 11.0 Å². The highest BCUT2D eigenvalue weighted by atomic mass is 33.1. The quantitative estimate of drug-likeness (QED) is 0.0393. The molecule has 0 unspecified atom stereocenters. The highest BCUT2D eigenvalue weighted by molar-refractivity contribution is 8.76. The zero-order chi connectivity index (χ0) is 39.1. The van der Waals surface area contributed by atoms with Crippen LogP contribution in [0.1, 0.15) is 45.9 Å². The number of carbonyl (C=O) groups excluding carboxylic acids is 1. The summed E-state index contributed by atoms with van der Waals surface area (Å²) in [6, 6.07) is 20.7. The minimum absolute atomic E-state index is 0.133. The summed E-state index contributed by atoms with van der Waals surface area (Å²) in [5.41, 5.74) is 0.640. The topological polar surface area (TPSA) is 103 Å². The van der Waals surface area contributed by atoms with Crippen LogP contribution in [0.15, 0.2) is 89.7 Å². The van der Waals surface area contributed by atoms with Crippen LogP contribution in [0.5, 0.6) is 0 Å². The largest absolute Gasteiger partial charge is 0.480 e. The molecule has 16 heteroatoms. The predicted molar refractivity (Wildman–Crippen MR) is 212 cm³/mol. The number of aromatic nitrogens is 3. The zero-order valence-electron chi connectivity index (χ0n) is 31.1. The van der Waals surface area contributed by atoms with E-state index < -0.39 is 33.2 Å². The molecule has 1 amide bonds. The van der Waals surface area contributed by atoms with Gasteiger partial charge in [0.05, 0.1) is 36.9 Å². The molecule has 2 aromatic heterocycles. The van der Waals surface area contributed by atoms with Gasteiger partial charge in [0.2, 0.25) is 0 Å². The van der Waals surface area contributed by atoms with E-state index in [0.717, 1.165) is 10.4 Å². The van der Waals surface area contributed by atoms with Gasteiger partial charge in [0.1, 0.15) is 17.7 Å². The Bertz CT molecular complexity index is 2000. The molecule has 5 rings (SSSR count). The van der Waals surface area contributed by atoms with Crippen molar-refractivity contribution in [2.24, 2.45) is 4.99 Å². The first-order chi connectivity index (χ1) is 25.7. The Morgan fingerprint density at radius 3 is 2.35 bits per heavy atom. The second-order valence-electron chi connectivity index (χ2n) is 13.6. The maximum absolute atomic E-state index is 12.8. The molecule has 0 radical (unpaired) electrons. The number of fused-ring (bicyclic) bond motifs is 1. The van der Waals surface area contributed by atoms with E-state index in [-0.39, 0.29) is 17.1 Å². The fourth-order valence-electron chi connectivity index (χ4n) is 6.23. The second-order valence-corrected chi connectivity index (χ2v) is 20.6. The predicted octanol–water partition coefficient (Wildman–Crippen LogP) is 6.76. The minimum Gasteiger partial charge on any atom is -0.480 e. The third-order valence-electron chi connectivity index (χ3n) is 8.45. The highest BCUT2D eigenvalue weighted by Crippen LogP contribution is 2.42. The van der Waals surface area contributed by atoms with E-state index in [4.69, 9.17) is 13.9 Å². The van der Waals surface area contributed by atoms with E-state index in [0.29, 0.717) is 40.4 Å². The van der Waals surface area contributed by atoms with Gasteiger partial charge >= 0.3 is 12.1 Å². The monoisotopic (exact) mass is 796 g/mol. The molecule has 54 heavy (non-hydrogen) atoms. The van der Waals surface area contributed by atoms with E-state index in [1.165, 1.54) is 6.33 Å². The van der Waals surface area contributed by atoms with Gasteiger partial charge in [-0.1, -0.05) is 115 Å². The van der Waals surface area contributed by atoms with Crippen molar-refractivity contribution in [3.8, 4) is 11.8 Å². The molecule has 0 aliphatic carbocycles. The van der Waals surface area contributed by atoms with Gasteiger partial charge in [-0.2, -0.15) is 13.2 Å². The van der Waals surface area contributed by atoms with Crippen LogP contribution in [-0.4, -0.2) is 85.1 Å². The Kier molecular flexibility index (Phi) is 13.1. The Labute approximate surface area is 322 Å². The second kappa shape index (κ2) is 17.4. The van der Waals surface area contributed by atoms with E-state index in [1.54, 1.807) is 48.9 Å². The summed E-state index contributed by atoms with van der Waals surface area (Å²) in [6.45, 7) is 8.21. The summed E-state index contributed by atoms with van der Waals surface area (Å²) in [7, 11) is 3.84. The molecule has 1 N–H and O–H groups in total. The van der Waals surface area contributed by atoms with Crippen molar-refractivity contribution in [3.05, 3.63) is 90.3 Å². The molecule has 1 aliphatic heterocycles. The maximum atomic E-state index is 12.8. The van der Waals surface area contributed by atoms with Gasteiger partial charge in [-0.25, -0.2) is 15.0 Å². The van der Waals surface area contributed by atoms with Gasteiger partial charge in [0.25, 0.3) is 8.32 Å². The first kappa shape index (κ1) is 40.7. The minimum atomic E-state index is -5.02. The third-order valence-corrected chi connectivity index (χ3v) is 15.4. The van der Waals surface area contributed by atoms with Crippen LogP contribution in [0.4, 0.5) is 19.0 Å².